The monoisotopic (exact) mass is 262 g/mol. The van der Waals surface area contributed by atoms with Crippen LogP contribution < -0.4 is 11.5 Å². The van der Waals surface area contributed by atoms with E-state index < -0.39 is 0 Å². The maximum Gasteiger partial charge on any atom is 0.133 e. The Morgan fingerprint density at radius 1 is 0.684 bits per heavy atom. The minimum Gasteiger partial charge on any atom is -0.507 e. The molecule has 19 heavy (non-hydrogen) atoms. The first-order chi connectivity index (χ1) is 9.02. The van der Waals surface area contributed by atoms with Gasteiger partial charge in [-0.1, -0.05) is 0 Å². The van der Waals surface area contributed by atoms with Gasteiger partial charge in [-0.2, -0.15) is 0 Å². The molecule has 2 rings (SSSR count). The smallest absolute Gasteiger partial charge is 0.133 e. The van der Waals surface area contributed by atoms with Crippen LogP contribution in [0.25, 0.3) is 0 Å². The van der Waals surface area contributed by atoms with Crippen LogP contribution in [-0.4, -0.2) is 20.4 Å². The Morgan fingerprint density at radius 3 is 1.32 bits per heavy atom. The van der Waals surface area contributed by atoms with Crippen LogP contribution in [0.4, 0.5) is 0 Å². The summed E-state index contributed by atoms with van der Waals surface area (Å²) >= 11 is 0. The van der Waals surface area contributed by atoms with E-state index in [1.54, 1.807) is 0 Å². The highest BCUT2D eigenvalue weighted by Gasteiger charge is 2.34. The van der Waals surface area contributed by atoms with Gasteiger partial charge in [-0.3, -0.25) is 0 Å². The second kappa shape index (κ2) is 4.49. The molecule has 0 aliphatic heterocycles. The summed E-state index contributed by atoms with van der Waals surface area (Å²) in [5.41, 5.74) is 11.3. The van der Waals surface area contributed by atoms with Crippen molar-refractivity contribution in [2.45, 2.75) is 6.42 Å². The van der Waals surface area contributed by atoms with Gasteiger partial charge in [0.15, 0.2) is 0 Å². The van der Waals surface area contributed by atoms with Gasteiger partial charge in [-0.05, 0) is 24.6 Å². The highest BCUT2D eigenvalue weighted by molar-refractivity contribution is 5.64. The Morgan fingerprint density at radius 2 is 1.05 bits per heavy atom. The van der Waals surface area contributed by atoms with Crippen molar-refractivity contribution in [3.05, 3.63) is 69.9 Å². The minimum absolute atomic E-state index is 0.0269. The van der Waals surface area contributed by atoms with Crippen LogP contribution in [0.3, 0.4) is 0 Å². The van der Waals surface area contributed by atoms with Gasteiger partial charge in [-0.15, -0.1) is 0 Å². The second-order valence-corrected chi connectivity index (χ2v) is 4.07. The fourth-order valence-electron chi connectivity index (χ4n) is 1.99. The lowest BCUT2D eigenvalue weighted by Crippen LogP contribution is -2.17. The van der Waals surface area contributed by atoms with Gasteiger partial charge in [0, 0.05) is 17.6 Å². The van der Waals surface area contributed by atoms with Gasteiger partial charge in [0.05, 0.1) is 11.1 Å². The predicted octanol–water partition coefficient (Wildman–Crippen LogP) is 1.60. The van der Waals surface area contributed by atoms with Crippen molar-refractivity contribution >= 4 is 0 Å². The molecular formula is C13H14N2O4. The average molecular weight is 262 g/mol. The van der Waals surface area contributed by atoms with Crippen molar-refractivity contribution in [1.29, 1.82) is 0 Å². The zero-order valence-electron chi connectivity index (χ0n) is 9.96. The van der Waals surface area contributed by atoms with Crippen molar-refractivity contribution in [1.82, 2.24) is 0 Å². The number of rotatable bonds is 4. The van der Waals surface area contributed by atoms with Crippen molar-refractivity contribution in [2.24, 2.45) is 11.5 Å². The molecule has 0 amide bonds. The summed E-state index contributed by atoms with van der Waals surface area (Å²) in [6.45, 7) is 0. The molecule has 0 aromatic rings. The fraction of sp³-hybridized carbons (Fsp3) is 0.0769. The molecule has 2 aliphatic carbocycles. The summed E-state index contributed by atoms with van der Waals surface area (Å²) in [5, 5.41) is 38.8. The number of hydrogen-bond donors (Lipinski definition) is 6. The van der Waals surface area contributed by atoms with Crippen molar-refractivity contribution in [3.63, 3.8) is 0 Å². The van der Waals surface area contributed by atoms with E-state index in [1.165, 1.54) is 24.6 Å². The molecule has 0 atom stereocenters. The normalized spacial score (nSPS) is 19.8. The first kappa shape index (κ1) is 12.7. The lowest BCUT2D eigenvalue weighted by Gasteiger charge is -2.26. The van der Waals surface area contributed by atoms with E-state index >= 15 is 0 Å². The first-order valence-corrected chi connectivity index (χ1v) is 5.51. The standard InChI is InChI=1S/C13H14N2O4/c14-3-1-6-10(16)8(11(6)17)5-9-12(18)7(2-4-15)13(9)19/h1-4,16-19H,5,14-15H2/b3-1+,4-2+. The molecule has 6 heteroatoms. The lowest BCUT2D eigenvalue weighted by molar-refractivity contribution is 0.332. The molecule has 0 spiro atoms. The van der Waals surface area contributed by atoms with Gasteiger partial charge < -0.3 is 31.9 Å². The van der Waals surface area contributed by atoms with Gasteiger partial charge in [-0.25, -0.2) is 0 Å². The van der Waals surface area contributed by atoms with E-state index in [0.29, 0.717) is 0 Å². The summed E-state index contributed by atoms with van der Waals surface area (Å²) in [5.74, 6) is -0.407. The van der Waals surface area contributed by atoms with Crippen LogP contribution in [0.1, 0.15) is 6.42 Å². The molecule has 0 bridgehead atoms. The van der Waals surface area contributed by atoms with Crippen molar-refractivity contribution in [3.8, 4) is 0 Å². The molecule has 0 saturated heterocycles. The van der Waals surface area contributed by atoms with Crippen LogP contribution in [0.15, 0.2) is 69.9 Å². The summed E-state index contributed by atoms with van der Waals surface area (Å²) in [4.78, 5) is 0. The predicted molar refractivity (Wildman–Crippen MR) is 69.9 cm³/mol. The van der Waals surface area contributed by atoms with Crippen molar-refractivity contribution < 1.29 is 20.4 Å². The Kier molecular flexibility index (Phi) is 3.00. The van der Waals surface area contributed by atoms with Crippen LogP contribution in [0.5, 0.6) is 0 Å². The summed E-state index contributed by atoms with van der Waals surface area (Å²) in [7, 11) is 0. The Labute approximate surface area is 109 Å². The molecule has 0 saturated carbocycles. The second-order valence-electron chi connectivity index (χ2n) is 4.07. The summed E-state index contributed by atoms with van der Waals surface area (Å²) in [6, 6.07) is 0. The molecule has 0 heterocycles. The molecule has 6 nitrogen and oxygen atoms in total. The fourth-order valence-corrected chi connectivity index (χ4v) is 1.99. The van der Waals surface area contributed by atoms with Gasteiger partial charge in [0.2, 0.25) is 0 Å². The molecule has 0 radical (unpaired) electrons. The van der Waals surface area contributed by atoms with E-state index in [1.807, 2.05) is 0 Å². The van der Waals surface area contributed by atoms with Crippen LogP contribution in [0, 0.1) is 0 Å². The molecule has 0 aromatic carbocycles. The van der Waals surface area contributed by atoms with E-state index in [0.717, 1.165) is 0 Å². The maximum atomic E-state index is 9.70. The number of aliphatic hydroxyl groups excluding tert-OH is 4. The number of hydrogen-bond acceptors (Lipinski definition) is 6. The molecule has 0 aromatic heterocycles. The largest absolute Gasteiger partial charge is 0.507 e. The molecule has 100 valence electrons. The Bertz CT molecular complexity index is 565. The summed E-state index contributed by atoms with van der Waals surface area (Å²) in [6.07, 6.45) is 5.14. The molecule has 0 unspecified atom stereocenters. The summed E-state index contributed by atoms with van der Waals surface area (Å²) < 4.78 is 0. The SMILES string of the molecule is N/C=C/C1=C(O)C(CC2=C(O)C(/C=C/N)=C2O)=C1O. The number of nitrogens with two attached hydrogens (primary N) is 2. The topological polar surface area (TPSA) is 133 Å². The van der Waals surface area contributed by atoms with Crippen LogP contribution in [-0.2, 0) is 0 Å². The highest BCUT2D eigenvalue weighted by atomic mass is 16.3. The van der Waals surface area contributed by atoms with E-state index in [4.69, 9.17) is 11.5 Å². The molecular weight excluding hydrogens is 248 g/mol. The Hall–Kier alpha value is -2.76. The zero-order valence-corrected chi connectivity index (χ0v) is 9.96. The van der Waals surface area contributed by atoms with Gasteiger partial charge in [0.25, 0.3) is 0 Å². The average Bonchev–Trinajstić information content (AvgIpc) is 2.42. The highest BCUT2D eigenvalue weighted by Crippen LogP contribution is 2.42. The molecule has 0 fully saturated rings. The third-order valence-electron chi connectivity index (χ3n) is 3.04. The molecule has 8 N–H and O–H groups in total. The van der Waals surface area contributed by atoms with Crippen LogP contribution >= 0.6 is 0 Å². The van der Waals surface area contributed by atoms with Gasteiger partial charge >= 0.3 is 0 Å². The maximum absolute atomic E-state index is 9.70. The third-order valence-corrected chi connectivity index (χ3v) is 3.04. The first-order valence-electron chi connectivity index (χ1n) is 5.51. The minimum atomic E-state index is -0.102. The van der Waals surface area contributed by atoms with Gasteiger partial charge in [0.1, 0.15) is 23.0 Å². The van der Waals surface area contributed by atoms with E-state index in [9.17, 15) is 20.4 Å². The molecule has 2 aliphatic rings. The third kappa shape index (κ3) is 1.74. The van der Waals surface area contributed by atoms with E-state index in [2.05, 4.69) is 0 Å². The zero-order chi connectivity index (χ0) is 14.2. The van der Waals surface area contributed by atoms with E-state index in [-0.39, 0.29) is 51.7 Å². The lowest BCUT2D eigenvalue weighted by atomic mass is 9.83. The Balaban J connectivity index is 2.15. The van der Waals surface area contributed by atoms with Crippen molar-refractivity contribution in [2.75, 3.05) is 0 Å². The number of allylic oxidation sites excluding steroid dienone is 4. The van der Waals surface area contributed by atoms with Crippen LogP contribution in [0.2, 0.25) is 0 Å². The number of aliphatic hydroxyl groups is 4. The quantitative estimate of drug-likeness (QED) is 0.456.